The fraction of sp³-hybridized carbons (Fsp3) is 0.364. The van der Waals surface area contributed by atoms with Gasteiger partial charge in [-0.25, -0.2) is 4.79 Å². The third kappa shape index (κ3) is 2.99. The molecule has 2 nitrogen and oxygen atoms in total. The molecule has 0 fully saturated rings. The summed E-state index contributed by atoms with van der Waals surface area (Å²) in [6.45, 7) is 6.03. The fourth-order valence-electron chi connectivity index (χ4n) is 1.32. The predicted molar refractivity (Wildman–Crippen MR) is 60.1 cm³/mol. The Bertz CT molecular complexity index is 335. The molecule has 3 heteroatoms. The van der Waals surface area contributed by atoms with E-state index < -0.39 is 5.97 Å². The molecule has 0 aliphatic heterocycles. The van der Waals surface area contributed by atoms with Crippen LogP contribution in [0.25, 0.3) is 0 Å². The molecular formula is C11H16MgO2. The number of aromatic carboxylic acids is 1. The SMILES string of the molecule is CC(C)(C)c1ccccc1C(=O)O.[H-].[H-].[Mg+2]. The Labute approximate surface area is 103 Å². The monoisotopic (exact) mass is 204 g/mol. The van der Waals surface area contributed by atoms with Gasteiger partial charge in [0, 0.05) is 0 Å². The van der Waals surface area contributed by atoms with E-state index in [-0.39, 0.29) is 31.3 Å². The Morgan fingerprint density at radius 3 is 2.14 bits per heavy atom. The van der Waals surface area contributed by atoms with Gasteiger partial charge in [0.25, 0.3) is 0 Å². The number of rotatable bonds is 1. The summed E-state index contributed by atoms with van der Waals surface area (Å²) in [4.78, 5) is 10.9. The zero-order valence-electron chi connectivity index (χ0n) is 10.9. The maximum absolute atomic E-state index is 10.9. The van der Waals surface area contributed by atoms with E-state index in [1.54, 1.807) is 12.1 Å². The number of carbonyl (C=O) groups is 1. The average Bonchev–Trinajstić information content (AvgIpc) is 2.03. The molecule has 0 aromatic heterocycles. The van der Waals surface area contributed by atoms with Crippen LogP contribution in [-0.4, -0.2) is 34.1 Å². The Kier molecular flexibility index (Phi) is 4.61. The van der Waals surface area contributed by atoms with Crippen LogP contribution in [0.5, 0.6) is 0 Å². The van der Waals surface area contributed by atoms with Gasteiger partial charge in [-0.15, -0.1) is 0 Å². The van der Waals surface area contributed by atoms with Crippen LogP contribution in [0.15, 0.2) is 24.3 Å². The van der Waals surface area contributed by atoms with Crippen molar-refractivity contribution in [2.24, 2.45) is 0 Å². The van der Waals surface area contributed by atoms with Crippen LogP contribution < -0.4 is 0 Å². The predicted octanol–water partition coefficient (Wildman–Crippen LogP) is 2.53. The van der Waals surface area contributed by atoms with Crippen LogP contribution in [0, 0.1) is 0 Å². The van der Waals surface area contributed by atoms with E-state index in [4.69, 9.17) is 5.11 Å². The van der Waals surface area contributed by atoms with E-state index in [1.807, 2.05) is 32.9 Å². The van der Waals surface area contributed by atoms with Crippen LogP contribution >= 0.6 is 0 Å². The molecule has 1 N–H and O–H groups in total. The smallest absolute Gasteiger partial charge is 1.00 e. The molecule has 0 saturated heterocycles. The second kappa shape index (κ2) is 4.80. The molecule has 1 aromatic rings. The number of hydrogen-bond acceptors (Lipinski definition) is 1. The zero-order valence-corrected chi connectivity index (χ0v) is 10.3. The van der Waals surface area contributed by atoms with E-state index >= 15 is 0 Å². The summed E-state index contributed by atoms with van der Waals surface area (Å²) in [5.74, 6) is -0.856. The van der Waals surface area contributed by atoms with E-state index in [0.29, 0.717) is 5.56 Å². The minimum absolute atomic E-state index is 0. The van der Waals surface area contributed by atoms with Gasteiger partial charge in [-0.05, 0) is 17.0 Å². The molecule has 1 rings (SSSR count). The zero-order chi connectivity index (χ0) is 10.1. The molecule has 74 valence electrons. The fourth-order valence-corrected chi connectivity index (χ4v) is 1.32. The van der Waals surface area contributed by atoms with E-state index in [1.165, 1.54) is 0 Å². The molecule has 0 atom stereocenters. The molecule has 0 spiro atoms. The van der Waals surface area contributed by atoms with Crippen molar-refractivity contribution < 1.29 is 12.8 Å². The summed E-state index contributed by atoms with van der Waals surface area (Å²) in [5.41, 5.74) is 1.16. The molecule has 1 aromatic carbocycles. The van der Waals surface area contributed by atoms with Gasteiger partial charge in [0.15, 0.2) is 0 Å². The first-order chi connectivity index (χ1) is 5.93. The Hall–Kier alpha value is -0.544. The number of carboxylic acids is 1. The van der Waals surface area contributed by atoms with Gasteiger partial charge in [-0.2, -0.15) is 0 Å². The molecule has 14 heavy (non-hydrogen) atoms. The maximum Gasteiger partial charge on any atom is 2.00 e. The molecule has 0 heterocycles. The van der Waals surface area contributed by atoms with Crippen molar-refractivity contribution >= 4 is 29.0 Å². The van der Waals surface area contributed by atoms with Gasteiger partial charge in [-0.3, -0.25) is 0 Å². The largest absolute Gasteiger partial charge is 2.00 e. The minimum Gasteiger partial charge on any atom is -1.00 e. The molecular weight excluding hydrogens is 188 g/mol. The minimum atomic E-state index is -0.856. The summed E-state index contributed by atoms with van der Waals surface area (Å²) >= 11 is 0. The Morgan fingerprint density at radius 1 is 1.29 bits per heavy atom. The van der Waals surface area contributed by atoms with Gasteiger partial charge in [0.2, 0.25) is 0 Å². The first-order valence-corrected chi connectivity index (χ1v) is 4.26. The van der Waals surface area contributed by atoms with Gasteiger partial charge >= 0.3 is 29.0 Å². The second-order valence-corrected chi connectivity index (χ2v) is 4.10. The topological polar surface area (TPSA) is 37.3 Å². The second-order valence-electron chi connectivity index (χ2n) is 4.10. The van der Waals surface area contributed by atoms with Gasteiger partial charge in [-0.1, -0.05) is 39.0 Å². The summed E-state index contributed by atoms with van der Waals surface area (Å²) in [5, 5.41) is 8.93. The first kappa shape index (κ1) is 13.5. The van der Waals surface area contributed by atoms with Crippen LogP contribution in [0.3, 0.4) is 0 Å². The standard InChI is InChI=1S/C11H14O2.Mg.2H/c1-11(2,3)9-7-5-4-6-8(9)10(12)13;;;/h4-7H,1-3H3,(H,12,13);;;/q;+2;2*-1. The third-order valence-corrected chi connectivity index (χ3v) is 1.97. The third-order valence-electron chi connectivity index (χ3n) is 1.97. The van der Waals surface area contributed by atoms with Crippen LogP contribution in [0.2, 0.25) is 0 Å². The number of hydrogen-bond donors (Lipinski definition) is 1. The van der Waals surface area contributed by atoms with Crippen LogP contribution in [0.4, 0.5) is 0 Å². The van der Waals surface area contributed by atoms with Crippen molar-refractivity contribution in [2.75, 3.05) is 0 Å². The van der Waals surface area contributed by atoms with E-state index in [2.05, 4.69) is 0 Å². The van der Waals surface area contributed by atoms with Crippen molar-refractivity contribution in [3.63, 3.8) is 0 Å². The van der Waals surface area contributed by atoms with E-state index in [0.717, 1.165) is 5.56 Å². The normalized spacial score (nSPS) is 10.5. The maximum atomic E-state index is 10.9. The summed E-state index contributed by atoms with van der Waals surface area (Å²) < 4.78 is 0. The van der Waals surface area contributed by atoms with Gasteiger partial charge in [0.05, 0.1) is 5.56 Å². The summed E-state index contributed by atoms with van der Waals surface area (Å²) in [6.07, 6.45) is 0. The Balaban J connectivity index is -0.000000563. The van der Waals surface area contributed by atoms with Crippen LogP contribution in [-0.2, 0) is 5.41 Å². The van der Waals surface area contributed by atoms with Gasteiger partial charge < -0.3 is 7.96 Å². The molecule has 0 bridgehead atoms. The van der Waals surface area contributed by atoms with Crippen molar-refractivity contribution in [1.29, 1.82) is 0 Å². The molecule has 0 aliphatic carbocycles. The van der Waals surface area contributed by atoms with Crippen molar-refractivity contribution in [1.82, 2.24) is 0 Å². The van der Waals surface area contributed by atoms with Gasteiger partial charge in [0.1, 0.15) is 0 Å². The quantitative estimate of drug-likeness (QED) is 0.714. The first-order valence-electron chi connectivity index (χ1n) is 4.26. The molecule has 0 amide bonds. The van der Waals surface area contributed by atoms with Crippen molar-refractivity contribution in [2.45, 2.75) is 26.2 Å². The molecule has 0 saturated carbocycles. The van der Waals surface area contributed by atoms with Crippen molar-refractivity contribution in [3.05, 3.63) is 35.4 Å². The molecule has 0 unspecified atom stereocenters. The number of carboxylic acid groups (broad SMARTS) is 1. The molecule has 0 radical (unpaired) electrons. The van der Waals surface area contributed by atoms with E-state index in [9.17, 15) is 4.79 Å². The summed E-state index contributed by atoms with van der Waals surface area (Å²) in [7, 11) is 0. The number of benzene rings is 1. The Morgan fingerprint density at radius 2 is 1.79 bits per heavy atom. The van der Waals surface area contributed by atoms with Crippen molar-refractivity contribution in [3.8, 4) is 0 Å². The average molecular weight is 205 g/mol. The molecule has 0 aliphatic rings. The van der Waals surface area contributed by atoms with Crippen LogP contribution in [0.1, 0.15) is 39.5 Å². The summed E-state index contributed by atoms with van der Waals surface area (Å²) in [6, 6.07) is 7.12.